The highest BCUT2D eigenvalue weighted by molar-refractivity contribution is 5.77. The average molecular weight is 345 g/mol. The maximum absolute atomic E-state index is 13.0. The Morgan fingerprint density at radius 2 is 1.88 bits per heavy atom. The molecule has 0 spiro atoms. The van der Waals surface area contributed by atoms with Crippen LogP contribution in [0.4, 0.5) is 15.8 Å². The van der Waals surface area contributed by atoms with Crippen LogP contribution < -0.4 is 5.32 Å². The van der Waals surface area contributed by atoms with E-state index in [0.29, 0.717) is 5.69 Å². The van der Waals surface area contributed by atoms with E-state index in [1.807, 2.05) is 6.92 Å². The van der Waals surface area contributed by atoms with E-state index in [1.54, 1.807) is 42.3 Å². The van der Waals surface area contributed by atoms with Gasteiger partial charge in [-0.25, -0.2) is 4.39 Å². The summed E-state index contributed by atoms with van der Waals surface area (Å²) in [6, 6.07) is 12.1. The van der Waals surface area contributed by atoms with E-state index < -0.39 is 4.92 Å². The number of hydrogen-bond donors (Lipinski definition) is 1. The van der Waals surface area contributed by atoms with Crippen LogP contribution in [0.15, 0.2) is 48.5 Å². The Hall–Kier alpha value is -2.96. The molecule has 2 aromatic rings. The van der Waals surface area contributed by atoms with E-state index in [9.17, 15) is 19.3 Å². The van der Waals surface area contributed by atoms with Gasteiger partial charge in [0.1, 0.15) is 11.5 Å². The number of rotatable bonds is 7. The van der Waals surface area contributed by atoms with E-state index in [-0.39, 0.29) is 36.4 Å². The molecule has 0 heterocycles. The average Bonchev–Trinajstić information content (AvgIpc) is 2.61. The zero-order chi connectivity index (χ0) is 18.4. The van der Waals surface area contributed by atoms with Crippen LogP contribution in [0.1, 0.15) is 24.9 Å². The summed E-state index contributed by atoms with van der Waals surface area (Å²) < 4.78 is 13.0. The second kappa shape index (κ2) is 8.23. The molecule has 0 bridgehead atoms. The van der Waals surface area contributed by atoms with Crippen LogP contribution in [0.3, 0.4) is 0 Å². The lowest BCUT2D eigenvalue weighted by Crippen LogP contribution is -2.30. The molecule has 25 heavy (non-hydrogen) atoms. The summed E-state index contributed by atoms with van der Waals surface area (Å²) in [7, 11) is 1.68. The summed E-state index contributed by atoms with van der Waals surface area (Å²) in [5.41, 5.74) is 1.20. The number of benzene rings is 2. The van der Waals surface area contributed by atoms with Gasteiger partial charge in [-0.05, 0) is 30.7 Å². The Morgan fingerprint density at radius 1 is 1.24 bits per heavy atom. The number of hydrogen-bond acceptors (Lipinski definition) is 4. The first-order valence-electron chi connectivity index (χ1n) is 7.88. The third kappa shape index (κ3) is 4.76. The van der Waals surface area contributed by atoms with Gasteiger partial charge in [0.2, 0.25) is 5.91 Å². The molecular formula is C18H20FN3O3. The van der Waals surface area contributed by atoms with Crippen LogP contribution in [0.2, 0.25) is 0 Å². The number of nitro benzene ring substituents is 1. The minimum atomic E-state index is -0.465. The standard InChI is InChI=1S/C18H20FN3O3/c1-13(14-7-9-15(19)10-8-14)21(2)18(23)11-12-20-16-5-3-4-6-17(16)22(24)25/h3-10,13,20H,11-12H2,1-2H3. The van der Waals surface area contributed by atoms with Crippen molar-refractivity contribution in [2.75, 3.05) is 18.9 Å². The molecule has 0 aliphatic rings. The molecule has 0 aliphatic carbocycles. The lowest BCUT2D eigenvalue weighted by molar-refractivity contribution is -0.384. The van der Waals surface area contributed by atoms with Crippen molar-refractivity contribution in [1.29, 1.82) is 0 Å². The monoisotopic (exact) mass is 345 g/mol. The van der Waals surface area contributed by atoms with Gasteiger partial charge >= 0.3 is 0 Å². The zero-order valence-corrected chi connectivity index (χ0v) is 14.1. The summed E-state index contributed by atoms with van der Waals surface area (Å²) in [5, 5.41) is 13.9. The van der Waals surface area contributed by atoms with Gasteiger partial charge in [0, 0.05) is 26.1 Å². The van der Waals surface area contributed by atoms with Gasteiger partial charge in [0.15, 0.2) is 0 Å². The second-order valence-electron chi connectivity index (χ2n) is 5.68. The highest BCUT2D eigenvalue weighted by Gasteiger charge is 2.18. The Balaban J connectivity index is 1.91. The predicted molar refractivity (Wildman–Crippen MR) is 93.8 cm³/mol. The fraction of sp³-hybridized carbons (Fsp3) is 0.278. The van der Waals surface area contributed by atoms with Gasteiger partial charge in [0.25, 0.3) is 5.69 Å². The maximum atomic E-state index is 13.0. The predicted octanol–water partition coefficient (Wildman–Crippen LogP) is 3.76. The molecule has 132 valence electrons. The van der Waals surface area contributed by atoms with E-state index in [2.05, 4.69) is 5.32 Å². The van der Waals surface area contributed by atoms with Crippen molar-refractivity contribution in [2.45, 2.75) is 19.4 Å². The molecule has 0 aromatic heterocycles. The first-order chi connectivity index (χ1) is 11.9. The quantitative estimate of drug-likeness (QED) is 0.612. The largest absolute Gasteiger partial charge is 0.379 e. The summed E-state index contributed by atoms with van der Waals surface area (Å²) in [4.78, 5) is 24.4. The van der Waals surface area contributed by atoms with Gasteiger partial charge in [-0.15, -0.1) is 0 Å². The molecule has 6 nitrogen and oxygen atoms in total. The van der Waals surface area contributed by atoms with Gasteiger partial charge in [-0.3, -0.25) is 14.9 Å². The molecule has 0 fully saturated rings. The number of halogens is 1. The van der Waals surface area contributed by atoms with E-state index >= 15 is 0 Å². The van der Waals surface area contributed by atoms with Crippen molar-refractivity contribution in [2.24, 2.45) is 0 Å². The number of carbonyl (C=O) groups excluding carboxylic acids is 1. The Labute approximate surface area is 145 Å². The van der Waals surface area contributed by atoms with E-state index in [1.165, 1.54) is 18.2 Å². The first-order valence-corrected chi connectivity index (χ1v) is 7.88. The van der Waals surface area contributed by atoms with Gasteiger partial charge in [-0.2, -0.15) is 0 Å². The lowest BCUT2D eigenvalue weighted by atomic mass is 10.1. The summed E-state index contributed by atoms with van der Waals surface area (Å²) in [6.45, 7) is 2.14. The van der Waals surface area contributed by atoms with Crippen LogP contribution in [0.25, 0.3) is 0 Å². The molecule has 2 rings (SSSR count). The maximum Gasteiger partial charge on any atom is 0.292 e. The minimum absolute atomic E-state index is 0.0250. The topological polar surface area (TPSA) is 75.5 Å². The molecule has 1 unspecified atom stereocenters. The Bertz CT molecular complexity index is 749. The molecule has 0 saturated carbocycles. The van der Waals surface area contributed by atoms with Crippen LogP contribution in [0, 0.1) is 15.9 Å². The van der Waals surface area contributed by atoms with Crippen molar-refractivity contribution in [3.05, 3.63) is 70.0 Å². The SMILES string of the molecule is CC(c1ccc(F)cc1)N(C)C(=O)CCNc1ccccc1[N+](=O)[O-]. The van der Waals surface area contributed by atoms with Gasteiger partial charge < -0.3 is 10.2 Å². The first kappa shape index (κ1) is 18.4. The normalized spacial score (nSPS) is 11.6. The molecule has 1 amide bonds. The van der Waals surface area contributed by atoms with Crippen LogP contribution >= 0.6 is 0 Å². The second-order valence-corrected chi connectivity index (χ2v) is 5.68. The summed E-state index contributed by atoms with van der Waals surface area (Å²) in [5.74, 6) is -0.429. The van der Waals surface area contributed by atoms with E-state index in [4.69, 9.17) is 0 Å². The van der Waals surface area contributed by atoms with E-state index in [0.717, 1.165) is 5.56 Å². The highest BCUT2D eigenvalue weighted by Crippen LogP contribution is 2.23. The number of carbonyl (C=O) groups is 1. The van der Waals surface area contributed by atoms with Crippen LogP contribution in [0.5, 0.6) is 0 Å². The van der Waals surface area contributed by atoms with Gasteiger partial charge in [0.05, 0.1) is 11.0 Å². The molecule has 0 radical (unpaired) electrons. The fourth-order valence-corrected chi connectivity index (χ4v) is 2.44. The fourth-order valence-electron chi connectivity index (χ4n) is 2.44. The molecule has 1 N–H and O–H groups in total. The van der Waals surface area contributed by atoms with Crippen LogP contribution in [-0.2, 0) is 4.79 Å². The number of anilines is 1. The highest BCUT2D eigenvalue weighted by atomic mass is 19.1. The van der Waals surface area contributed by atoms with Crippen molar-refractivity contribution >= 4 is 17.3 Å². The molecule has 0 aliphatic heterocycles. The third-order valence-electron chi connectivity index (χ3n) is 4.08. The number of amides is 1. The number of nitrogens with one attached hydrogen (secondary N) is 1. The van der Waals surface area contributed by atoms with Crippen molar-refractivity contribution in [3.8, 4) is 0 Å². The van der Waals surface area contributed by atoms with Crippen LogP contribution in [-0.4, -0.2) is 29.3 Å². The Kier molecular flexibility index (Phi) is 6.05. The number of para-hydroxylation sites is 2. The van der Waals surface area contributed by atoms with Crippen molar-refractivity contribution in [1.82, 2.24) is 4.90 Å². The molecular weight excluding hydrogens is 325 g/mol. The molecule has 2 aromatic carbocycles. The summed E-state index contributed by atoms with van der Waals surface area (Å²) in [6.07, 6.45) is 0.189. The number of nitro groups is 1. The minimum Gasteiger partial charge on any atom is -0.379 e. The Morgan fingerprint density at radius 3 is 2.52 bits per heavy atom. The summed E-state index contributed by atoms with van der Waals surface area (Å²) >= 11 is 0. The third-order valence-corrected chi connectivity index (χ3v) is 4.08. The van der Waals surface area contributed by atoms with Crippen molar-refractivity contribution in [3.63, 3.8) is 0 Å². The molecule has 1 atom stereocenters. The lowest BCUT2D eigenvalue weighted by Gasteiger charge is -2.25. The molecule has 7 heteroatoms. The number of nitrogens with zero attached hydrogens (tertiary/aromatic N) is 2. The van der Waals surface area contributed by atoms with Crippen molar-refractivity contribution < 1.29 is 14.1 Å². The van der Waals surface area contributed by atoms with Gasteiger partial charge in [-0.1, -0.05) is 24.3 Å². The smallest absolute Gasteiger partial charge is 0.292 e. The zero-order valence-electron chi connectivity index (χ0n) is 14.1. The molecule has 0 saturated heterocycles.